The molecule has 0 saturated carbocycles. The van der Waals surface area contributed by atoms with Crippen molar-refractivity contribution in [3.05, 3.63) is 47.0 Å². The van der Waals surface area contributed by atoms with Crippen molar-refractivity contribution in [3.63, 3.8) is 0 Å². The van der Waals surface area contributed by atoms with Gasteiger partial charge in [0.05, 0.1) is 12.4 Å². The van der Waals surface area contributed by atoms with Crippen LogP contribution in [-0.4, -0.2) is 9.97 Å². The van der Waals surface area contributed by atoms with Gasteiger partial charge in [-0.1, -0.05) is 12.1 Å². The fourth-order valence-corrected chi connectivity index (χ4v) is 1.37. The summed E-state index contributed by atoms with van der Waals surface area (Å²) in [6, 6.07) is 7.83. The lowest BCUT2D eigenvalue weighted by Gasteiger charge is -2.04. The van der Waals surface area contributed by atoms with Gasteiger partial charge in [-0.25, -0.2) is 9.97 Å². The standard InChI is InChI=1S/C11H9BrN2O/c1-8-3-2-4-9(5-8)15-10-6-13-11(12)14-7-10/h2-7H,1H3. The van der Waals surface area contributed by atoms with Crippen LogP contribution in [-0.2, 0) is 0 Å². The molecule has 0 aliphatic rings. The van der Waals surface area contributed by atoms with Crippen LogP contribution in [0.3, 0.4) is 0 Å². The summed E-state index contributed by atoms with van der Waals surface area (Å²) >= 11 is 3.16. The molecular formula is C11H9BrN2O. The summed E-state index contributed by atoms with van der Waals surface area (Å²) in [7, 11) is 0. The van der Waals surface area contributed by atoms with Crippen LogP contribution in [0.25, 0.3) is 0 Å². The van der Waals surface area contributed by atoms with Crippen LogP contribution in [0, 0.1) is 6.92 Å². The van der Waals surface area contributed by atoms with Crippen molar-refractivity contribution in [2.45, 2.75) is 6.92 Å². The van der Waals surface area contributed by atoms with E-state index in [4.69, 9.17) is 4.74 Å². The number of aromatic nitrogens is 2. The fraction of sp³-hybridized carbons (Fsp3) is 0.0909. The van der Waals surface area contributed by atoms with Crippen molar-refractivity contribution in [1.82, 2.24) is 9.97 Å². The normalized spacial score (nSPS) is 10.0. The zero-order chi connectivity index (χ0) is 10.7. The van der Waals surface area contributed by atoms with E-state index in [1.165, 1.54) is 0 Å². The SMILES string of the molecule is Cc1cccc(Oc2cnc(Br)nc2)c1. The molecule has 3 nitrogen and oxygen atoms in total. The molecule has 0 amide bonds. The molecule has 0 bridgehead atoms. The number of rotatable bonds is 2. The van der Waals surface area contributed by atoms with Gasteiger partial charge in [0.25, 0.3) is 0 Å². The highest BCUT2D eigenvalue weighted by Gasteiger charge is 1.98. The predicted octanol–water partition coefficient (Wildman–Crippen LogP) is 3.34. The van der Waals surface area contributed by atoms with Crippen LogP contribution < -0.4 is 4.74 Å². The van der Waals surface area contributed by atoms with E-state index in [9.17, 15) is 0 Å². The van der Waals surface area contributed by atoms with E-state index in [0.29, 0.717) is 10.5 Å². The maximum Gasteiger partial charge on any atom is 0.196 e. The van der Waals surface area contributed by atoms with Gasteiger partial charge in [-0.2, -0.15) is 0 Å². The Morgan fingerprint density at radius 1 is 1.13 bits per heavy atom. The van der Waals surface area contributed by atoms with Crippen molar-refractivity contribution < 1.29 is 4.74 Å². The van der Waals surface area contributed by atoms with Crippen LogP contribution >= 0.6 is 15.9 Å². The van der Waals surface area contributed by atoms with E-state index in [2.05, 4.69) is 25.9 Å². The van der Waals surface area contributed by atoms with Gasteiger partial charge in [0.2, 0.25) is 0 Å². The molecular weight excluding hydrogens is 256 g/mol. The van der Waals surface area contributed by atoms with Gasteiger partial charge in [0, 0.05) is 0 Å². The first kappa shape index (κ1) is 10.1. The van der Waals surface area contributed by atoms with Crippen molar-refractivity contribution in [2.24, 2.45) is 0 Å². The molecule has 4 heteroatoms. The van der Waals surface area contributed by atoms with Gasteiger partial charge in [-0.05, 0) is 40.5 Å². The minimum Gasteiger partial charge on any atom is -0.454 e. The first-order valence-electron chi connectivity index (χ1n) is 4.46. The first-order valence-corrected chi connectivity index (χ1v) is 5.25. The molecule has 0 saturated heterocycles. The second kappa shape index (κ2) is 4.40. The second-order valence-corrected chi connectivity index (χ2v) is 3.82. The molecule has 0 aliphatic heterocycles. The number of benzene rings is 1. The quantitative estimate of drug-likeness (QED) is 0.781. The maximum atomic E-state index is 5.57. The Bertz CT molecular complexity index is 456. The van der Waals surface area contributed by atoms with E-state index in [-0.39, 0.29) is 0 Å². The molecule has 0 radical (unpaired) electrons. The molecule has 0 aliphatic carbocycles. The van der Waals surface area contributed by atoms with Crippen LogP contribution in [0.15, 0.2) is 41.4 Å². The molecule has 0 fully saturated rings. The molecule has 15 heavy (non-hydrogen) atoms. The fourth-order valence-electron chi connectivity index (χ4n) is 1.17. The highest BCUT2D eigenvalue weighted by atomic mass is 79.9. The number of aryl methyl sites for hydroxylation is 1. The Kier molecular flexibility index (Phi) is 2.97. The molecule has 2 rings (SSSR count). The maximum absolute atomic E-state index is 5.57. The van der Waals surface area contributed by atoms with Gasteiger partial charge < -0.3 is 4.74 Å². The van der Waals surface area contributed by atoms with E-state index in [1.807, 2.05) is 31.2 Å². The zero-order valence-electron chi connectivity index (χ0n) is 8.14. The monoisotopic (exact) mass is 264 g/mol. The Balaban J connectivity index is 2.18. The Hall–Kier alpha value is -1.42. The second-order valence-electron chi connectivity index (χ2n) is 3.11. The minimum absolute atomic E-state index is 0.555. The predicted molar refractivity (Wildman–Crippen MR) is 61.0 cm³/mol. The van der Waals surface area contributed by atoms with Crippen LogP contribution in [0.4, 0.5) is 0 Å². The summed E-state index contributed by atoms with van der Waals surface area (Å²) in [5.74, 6) is 1.42. The summed E-state index contributed by atoms with van der Waals surface area (Å²) in [4.78, 5) is 7.96. The largest absolute Gasteiger partial charge is 0.454 e. The van der Waals surface area contributed by atoms with Crippen LogP contribution in [0.1, 0.15) is 5.56 Å². The van der Waals surface area contributed by atoms with Crippen molar-refractivity contribution >= 4 is 15.9 Å². The van der Waals surface area contributed by atoms with Crippen molar-refractivity contribution in [3.8, 4) is 11.5 Å². The third-order valence-electron chi connectivity index (χ3n) is 1.82. The van der Waals surface area contributed by atoms with Crippen molar-refractivity contribution in [2.75, 3.05) is 0 Å². The lowest BCUT2D eigenvalue weighted by atomic mass is 10.2. The van der Waals surface area contributed by atoms with E-state index in [1.54, 1.807) is 12.4 Å². The molecule has 0 N–H and O–H groups in total. The summed E-state index contributed by atoms with van der Waals surface area (Å²) in [6.07, 6.45) is 3.25. The van der Waals surface area contributed by atoms with Crippen molar-refractivity contribution in [1.29, 1.82) is 0 Å². The molecule has 0 unspecified atom stereocenters. The number of halogens is 1. The molecule has 1 heterocycles. The smallest absolute Gasteiger partial charge is 0.196 e. The lowest BCUT2D eigenvalue weighted by Crippen LogP contribution is -1.88. The number of hydrogen-bond donors (Lipinski definition) is 0. The van der Waals surface area contributed by atoms with Gasteiger partial charge in [-0.15, -0.1) is 0 Å². The van der Waals surface area contributed by atoms with Gasteiger partial charge in [0.15, 0.2) is 10.5 Å². The average molecular weight is 265 g/mol. The molecule has 0 atom stereocenters. The average Bonchev–Trinajstić information content (AvgIpc) is 2.22. The lowest BCUT2D eigenvalue weighted by molar-refractivity contribution is 0.476. The zero-order valence-corrected chi connectivity index (χ0v) is 9.73. The topological polar surface area (TPSA) is 35.0 Å². The summed E-state index contributed by atoms with van der Waals surface area (Å²) in [5, 5.41) is 0. The van der Waals surface area contributed by atoms with E-state index >= 15 is 0 Å². The molecule has 76 valence electrons. The molecule has 2 aromatic rings. The number of ether oxygens (including phenoxy) is 1. The highest BCUT2D eigenvalue weighted by Crippen LogP contribution is 2.20. The third kappa shape index (κ3) is 2.76. The van der Waals surface area contributed by atoms with E-state index < -0.39 is 0 Å². The summed E-state index contributed by atoms with van der Waals surface area (Å²) < 4.78 is 6.12. The third-order valence-corrected chi connectivity index (χ3v) is 2.23. The molecule has 1 aromatic carbocycles. The molecule has 0 spiro atoms. The van der Waals surface area contributed by atoms with Crippen LogP contribution in [0.5, 0.6) is 11.5 Å². The Morgan fingerprint density at radius 3 is 2.53 bits per heavy atom. The van der Waals surface area contributed by atoms with Crippen LogP contribution in [0.2, 0.25) is 0 Å². The Labute approximate surface area is 96.3 Å². The highest BCUT2D eigenvalue weighted by molar-refractivity contribution is 9.10. The summed E-state index contributed by atoms with van der Waals surface area (Å²) in [6.45, 7) is 2.02. The van der Waals surface area contributed by atoms with Gasteiger partial charge >= 0.3 is 0 Å². The number of hydrogen-bond acceptors (Lipinski definition) is 3. The first-order chi connectivity index (χ1) is 7.24. The van der Waals surface area contributed by atoms with Gasteiger partial charge in [-0.3, -0.25) is 0 Å². The van der Waals surface area contributed by atoms with E-state index in [0.717, 1.165) is 11.3 Å². The Morgan fingerprint density at radius 2 is 1.87 bits per heavy atom. The number of nitrogens with zero attached hydrogens (tertiary/aromatic N) is 2. The minimum atomic E-state index is 0.555. The molecule has 1 aromatic heterocycles. The summed E-state index contributed by atoms with van der Waals surface area (Å²) in [5.41, 5.74) is 1.16. The van der Waals surface area contributed by atoms with Gasteiger partial charge in [0.1, 0.15) is 5.75 Å².